The number of carbonyl (C=O) groups excluding carboxylic acids is 2. The van der Waals surface area contributed by atoms with E-state index in [1.165, 1.54) is 11.3 Å². The van der Waals surface area contributed by atoms with Gasteiger partial charge in [0.2, 0.25) is 0 Å². The second-order valence-corrected chi connectivity index (χ2v) is 11.3. The van der Waals surface area contributed by atoms with Crippen LogP contribution in [-0.2, 0) is 24.1 Å². The lowest BCUT2D eigenvalue weighted by Crippen LogP contribution is -2.40. The largest absolute Gasteiger partial charge is 0.444 e. The minimum atomic E-state index is -0.548. The highest BCUT2D eigenvalue weighted by atomic mass is 35.5. The van der Waals surface area contributed by atoms with Crippen LogP contribution in [0.2, 0.25) is 10.0 Å². The van der Waals surface area contributed by atoms with Crippen molar-refractivity contribution in [2.45, 2.75) is 52.7 Å². The third kappa shape index (κ3) is 6.31. The number of rotatable bonds is 4. The highest BCUT2D eigenvalue weighted by molar-refractivity contribution is 7.15. The van der Waals surface area contributed by atoms with E-state index < -0.39 is 5.60 Å². The van der Waals surface area contributed by atoms with Crippen molar-refractivity contribution < 1.29 is 14.3 Å². The smallest absolute Gasteiger partial charge is 0.410 e. The Bertz CT molecular complexity index is 1290. The lowest BCUT2D eigenvalue weighted by Gasteiger charge is -2.30. The van der Waals surface area contributed by atoms with Crippen LogP contribution in [-0.4, -0.2) is 39.0 Å². The zero-order chi connectivity index (χ0) is 25.3. The predicted octanol–water partition coefficient (Wildman–Crippen LogP) is 6.29. The Morgan fingerprint density at radius 1 is 1.14 bits per heavy atom. The molecule has 0 saturated heterocycles. The van der Waals surface area contributed by atoms with Crippen molar-refractivity contribution in [3.63, 3.8) is 0 Å². The van der Waals surface area contributed by atoms with Crippen LogP contribution in [0.15, 0.2) is 30.3 Å². The molecule has 3 aromatic rings. The lowest BCUT2D eigenvalue weighted by atomic mass is 10.1. The van der Waals surface area contributed by atoms with Gasteiger partial charge < -0.3 is 9.64 Å². The molecule has 0 aliphatic carbocycles. The van der Waals surface area contributed by atoms with E-state index in [2.05, 4.69) is 15.3 Å². The van der Waals surface area contributed by atoms with Gasteiger partial charge in [-0.15, -0.1) is 11.3 Å². The van der Waals surface area contributed by atoms with E-state index in [-0.39, 0.29) is 12.0 Å². The quantitative estimate of drug-likeness (QED) is 0.426. The summed E-state index contributed by atoms with van der Waals surface area (Å²) in [4.78, 5) is 37.0. The molecule has 184 valence electrons. The van der Waals surface area contributed by atoms with Crippen molar-refractivity contribution in [1.29, 1.82) is 0 Å². The first kappa shape index (κ1) is 25.4. The van der Waals surface area contributed by atoms with Crippen molar-refractivity contribution in [3.8, 4) is 0 Å². The van der Waals surface area contributed by atoms with Crippen molar-refractivity contribution in [3.05, 3.63) is 73.5 Å². The number of amides is 2. The number of fused-ring (bicyclic) bond motifs is 1. The van der Waals surface area contributed by atoms with Crippen molar-refractivity contribution in [1.82, 2.24) is 14.9 Å². The first-order valence-electron chi connectivity index (χ1n) is 11.2. The molecule has 2 aromatic heterocycles. The Labute approximate surface area is 218 Å². The molecule has 1 aromatic carbocycles. The van der Waals surface area contributed by atoms with E-state index in [9.17, 15) is 9.59 Å². The van der Waals surface area contributed by atoms with Gasteiger partial charge in [0, 0.05) is 30.0 Å². The SMILES string of the molecule is Cc1nc(NC(=O)c2ccc3c(n2)CCN(C(=O)OC(C)(C)C)C3)sc1Cc1ccc(Cl)c(Cl)c1. The average molecular weight is 533 g/mol. The Hall–Kier alpha value is -2.68. The number of ether oxygens (including phenoxy) is 1. The van der Waals surface area contributed by atoms with Gasteiger partial charge in [-0.2, -0.15) is 0 Å². The lowest BCUT2D eigenvalue weighted by molar-refractivity contribution is 0.0222. The first-order valence-corrected chi connectivity index (χ1v) is 12.7. The summed E-state index contributed by atoms with van der Waals surface area (Å²) in [5.41, 5.74) is 3.35. The van der Waals surface area contributed by atoms with Crippen LogP contribution in [0, 0.1) is 6.92 Å². The van der Waals surface area contributed by atoms with Gasteiger partial charge in [0.25, 0.3) is 5.91 Å². The van der Waals surface area contributed by atoms with Gasteiger partial charge in [0.1, 0.15) is 11.3 Å². The maximum Gasteiger partial charge on any atom is 0.410 e. The van der Waals surface area contributed by atoms with E-state index in [0.29, 0.717) is 46.8 Å². The Balaban J connectivity index is 1.42. The van der Waals surface area contributed by atoms with Gasteiger partial charge in [-0.05, 0) is 57.0 Å². The molecule has 1 aliphatic rings. The van der Waals surface area contributed by atoms with Gasteiger partial charge in [-0.1, -0.05) is 35.3 Å². The van der Waals surface area contributed by atoms with E-state index in [0.717, 1.165) is 27.4 Å². The predicted molar refractivity (Wildman–Crippen MR) is 139 cm³/mol. The van der Waals surface area contributed by atoms with E-state index in [1.54, 1.807) is 17.0 Å². The van der Waals surface area contributed by atoms with Crippen LogP contribution in [0.5, 0.6) is 0 Å². The highest BCUT2D eigenvalue weighted by Crippen LogP contribution is 2.29. The fourth-order valence-electron chi connectivity index (χ4n) is 3.67. The average Bonchev–Trinajstić information content (AvgIpc) is 3.12. The number of halogens is 2. The van der Waals surface area contributed by atoms with Crippen LogP contribution in [0.3, 0.4) is 0 Å². The molecule has 4 rings (SSSR count). The number of aryl methyl sites for hydroxylation is 1. The summed E-state index contributed by atoms with van der Waals surface area (Å²) in [7, 11) is 0. The Morgan fingerprint density at radius 3 is 2.63 bits per heavy atom. The van der Waals surface area contributed by atoms with Crippen LogP contribution in [0.25, 0.3) is 0 Å². The second kappa shape index (κ2) is 10.1. The summed E-state index contributed by atoms with van der Waals surface area (Å²) < 4.78 is 5.46. The van der Waals surface area contributed by atoms with Gasteiger partial charge in [-0.25, -0.2) is 14.8 Å². The number of benzene rings is 1. The fraction of sp³-hybridized carbons (Fsp3) is 0.360. The third-order valence-corrected chi connectivity index (χ3v) is 7.21. The van der Waals surface area contributed by atoms with Gasteiger partial charge in [-0.3, -0.25) is 10.1 Å². The molecule has 0 spiro atoms. The molecule has 0 fully saturated rings. The number of anilines is 1. The minimum Gasteiger partial charge on any atom is -0.444 e. The monoisotopic (exact) mass is 532 g/mol. The van der Waals surface area contributed by atoms with Crippen LogP contribution in [0.1, 0.15) is 58.7 Å². The summed E-state index contributed by atoms with van der Waals surface area (Å²) in [5.74, 6) is -0.322. The number of hydrogen-bond acceptors (Lipinski definition) is 6. The maximum atomic E-state index is 12.9. The summed E-state index contributed by atoms with van der Waals surface area (Å²) in [5, 5.41) is 4.39. The zero-order valence-electron chi connectivity index (χ0n) is 19.9. The number of pyridine rings is 1. The number of thiazole rings is 1. The number of carbonyl (C=O) groups is 2. The molecule has 2 amide bonds. The standard InChI is InChI=1S/C25H26Cl2N4O3S/c1-14-21(12-15-5-7-17(26)18(27)11-15)35-23(28-14)30-22(32)20-8-6-16-13-31(10-9-19(16)29-20)24(33)34-25(2,3)4/h5-8,11H,9-10,12-13H2,1-4H3,(H,28,30,32). The van der Waals surface area contributed by atoms with Crippen LogP contribution >= 0.6 is 34.5 Å². The summed E-state index contributed by atoms with van der Waals surface area (Å²) in [6.45, 7) is 8.33. The number of nitrogens with zero attached hydrogens (tertiary/aromatic N) is 3. The van der Waals surface area contributed by atoms with Gasteiger partial charge in [0.15, 0.2) is 5.13 Å². The molecule has 1 N–H and O–H groups in total. The Kier molecular flexibility index (Phi) is 7.35. The molecule has 0 saturated carbocycles. The van der Waals surface area contributed by atoms with Gasteiger partial charge >= 0.3 is 6.09 Å². The third-order valence-electron chi connectivity index (χ3n) is 5.39. The molecule has 0 bridgehead atoms. The molecule has 10 heteroatoms. The number of nitrogens with one attached hydrogen (secondary N) is 1. The van der Waals surface area contributed by atoms with Gasteiger partial charge in [0.05, 0.1) is 22.3 Å². The molecule has 3 heterocycles. The first-order chi connectivity index (χ1) is 16.5. The van der Waals surface area contributed by atoms with Crippen molar-refractivity contribution >= 4 is 51.7 Å². The summed E-state index contributed by atoms with van der Waals surface area (Å²) in [6, 6.07) is 9.04. The Morgan fingerprint density at radius 2 is 1.91 bits per heavy atom. The molecule has 0 atom stereocenters. The highest BCUT2D eigenvalue weighted by Gasteiger charge is 2.27. The normalized spacial score (nSPS) is 13.4. The minimum absolute atomic E-state index is 0.313. The second-order valence-electron chi connectivity index (χ2n) is 9.36. The molecule has 1 aliphatic heterocycles. The van der Waals surface area contributed by atoms with Crippen molar-refractivity contribution in [2.75, 3.05) is 11.9 Å². The molecule has 0 unspecified atom stereocenters. The van der Waals surface area contributed by atoms with Crippen LogP contribution in [0.4, 0.5) is 9.93 Å². The van der Waals surface area contributed by atoms with E-state index in [4.69, 9.17) is 27.9 Å². The molecular formula is C25H26Cl2N4O3S. The molecular weight excluding hydrogens is 507 g/mol. The topological polar surface area (TPSA) is 84.4 Å². The molecule has 0 radical (unpaired) electrons. The maximum absolute atomic E-state index is 12.9. The van der Waals surface area contributed by atoms with E-state index in [1.807, 2.05) is 45.9 Å². The summed E-state index contributed by atoms with van der Waals surface area (Å²) >= 11 is 13.6. The van der Waals surface area contributed by atoms with Crippen molar-refractivity contribution in [2.24, 2.45) is 0 Å². The number of aromatic nitrogens is 2. The van der Waals surface area contributed by atoms with E-state index >= 15 is 0 Å². The zero-order valence-corrected chi connectivity index (χ0v) is 22.3. The molecule has 35 heavy (non-hydrogen) atoms. The summed E-state index contributed by atoms with van der Waals surface area (Å²) in [6.07, 6.45) is 0.849. The fourth-order valence-corrected chi connectivity index (χ4v) is 4.98. The number of hydrogen-bond donors (Lipinski definition) is 1. The molecule has 7 nitrogen and oxygen atoms in total. The van der Waals surface area contributed by atoms with Crippen LogP contribution < -0.4 is 5.32 Å².